The number of anilines is 1. The number of primary amides is 1. The number of hydrogen-bond acceptors (Lipinski definition) is 6. The van der Waals surface area contributed by atoms with Gasteiger partial charge in [-0.3, -0.25) is 14.2 Å². The van der Waals surface area contributed by atoms with Crippen molar-refractivity contribution in [3.05, 3.63) is 0 Å². The van der Waals surface area contributed by atoms with Gasteiger partial charge in [0.2, 0.25) is 11.9 Å². The van der Waals surface area contributed by atoms with Crippen LogP contribution >= 0.6 is 11.8 Å². The van der Waals surface area contributed by atoms with Gasteiger partial charge in [-0.05, 0) is 0 Å². The second kappa shape index (κ2) is 4.64. The van der Waals surface area contributed by atoms with Crippen LogP contribution in [-0.2, 0) is 16.1 Å². The largest absolute Gasteiger partial charge is 0.481 e. The van der Waals surface area contributed by atoms with Crippen LogP contribution in [0.25, 0.3) is 0 Å². The molecule has 5 N–H and O–H groups in total. The number of nitrogens with two attached hydrogens (primary N) is 2. The van der Waals surface area contributed by atoms with Gasteiger partial charge in [-0.2, -0.15) is 0 Å². The molecule has 0 saturated heterocycles. The minimum Gasteiger partial charge on any atom is -0.481 e. The van der Waals surface area contributed by atoms with E-state index in [1.165, 1.54) is 4.57 Å². The SMILES string of the molecule is NC(=O)Cn1c(N)nnc1SCC(=O)O. The molecule has 0 spiro atoms. The fraction of sp³-hybridized carbons (Fsp3) is 0.333. The molecule has 1 rings (SSSR count). The van der Waals surface area contributed by atoms with Crippen molar-refractivity contribution in [3.63, 3.8) is 0 Å². The van der Waals surface area contributed by atoms with E-state index >= 15 is 0 Å². The molecule has 1 aromatic rings. The number of carbonyl (C=O) groups is 2. The van der Waals surface area contributed by atoms with Gasteiger partial charge in [-0.25, -0.2) is 0 Å². The second-order valence-electron chi connectivity index (χ2n) is 2.58. The molecule has 0 saturated carbocycles. The first-order chi connectivity index (χ1) is 7.00. The van der Waals surface area contributed by atoms with Gasteiger partial charge in [0.05, 0.1) is 5.75 Å². The maximum atomic E-state index is 10.7. The molecule has 0 fully saturated rings. The smallest absolute Gasteiger partial charge is 0.313 e. The molecule has 1 aromatic heterocycles. The van der Waals surface area contributed by atoms with Gasteiger partial charge in [0, 0.05) is 0 Å². The Labute approximate surface area is 88.6 Å². The fourth-order valence-corrected chi connectivity index (χ4v) is 1.50. The molecule has 1 heterocycles. The molecule has 9 heteroatoms. The van der Waals surface area contributed by atoms with E-state index in [-0.39, 0.29) is 23.4 Å². The normalized spacial score (nSPS) is 10.1. The molecular weight excluding hydrogens is 222 g/mol. The van der Waals surface area contributed by atoms with E-state index < -0.39 is 11.9 Å². The number of amides is 1. The van der Waals surface area contributed by atoms with Crippen molar-refractivity contribution in [1.82, 2.24) is 14.8 Å². The zero-order valence-electron chi connectivity index (χ0n) is 7.58. The van der Waals surface area contributed by atoms with Crippen LogP contribution in [-0.4, -0.2) is 37.5 Å². The van der Waals surface area contributed by atoms with Gasteiger partial charge >= 0.3 is 5.97 Å². The van der Waals surface area contributed by atoms with Crippen LogP contribution in [0.5, 0.6) is 0 Å². The molecule has 0 aliphatic rings. The number of carbonyl (C=O) groups excluding carboxylic acids is 1. The summed E-state index contributed by atoms with van der Waals surface area (Å²) in [5.41, 5.74) is 10.4. The predicted molar refractivity (Wildman–Crippen MR) is 52.0 cm³/mol. The topological polar surface area (TPSA) is 137 Å². The van der Waals surface area contributed by atoms with Gasteiger partial charge in [0.15, 0.2) is 5.16 Å². The van der Waals surface area contributed by atoms with Crippen LogP contribution < -0.4 is 11.5 Å². The van der Waals surface area contributed by atoms with Crippen molar-refractivity contribution in [1.29, 1.82) is 0 Å². The summed E-state index contributed by atoms with van der Waals surface area (Å²) in [5.74, 6) is -1.75. The molecule has 8 nitrogen and oxygen atoms in total. The molecule has 0 unspecified atom stereocenters. The van der Waals surface area contributed by atoms with Crippen LogP contribution in [0.3, 0.4) is 0 Å². The Morgan fingerprint density at radius 1 is 1.47 bits per heavy atom. The summed E-state index contributed by atoms with van der Waals surface area (Å²) in [7, 11) is 0. The molecule has 15 heavy (non-hydrogen) atoms. The summed E-state index contributed by atoms with van der Waals surface area (Å²) in [4.78, 5) is 21.0. The lowest BCUT2D eigenvalue weighted by atomic mass is 10.6. The molecule has 0 aliphatic heterocycles. The number of nitrogen functional groups attached to an aromatic ring is 1. The van der Waals surface area contributed by atoms with Crippen LogP contribution in [0.4, 0.5) is 5.95 Å². The lowest BCUT2D eigenvalue weighted by Crippen LogP contribution is -2.20. The number of thioether (sulfide) groups is 1. The highest BCUT2D eigenvalue weighted by molar-refractivity contribution is 7.99. The number of hydrogen-bond donors (Lipinski definition) is 3. The second-order valence-corrected chi connectivity index (χ2v) is 3.52. The first-order valence-corrected chi connectivity index (χ1v) is 4.81. The molecule has 0 aromatic carbocycles. The number of aliphatic carboxylic acids is 1. The Kier molecular flexibility index (Phi) is 3.50. The quantitative estimate of drug-likeness (QED) is 0.525. The van der Waals surface area contributed by atoms with Crippen LogP contribution in [0.15, 0.2) is 5.16 Å². The minimum atomic E-state index is -0.993. The maximum absolute atomic E-state index is 10.7. The number of rotatable bonds is 5. The molecule has 0 aliphatic carbocycles. The van der Waals surface area contributed by atoms with E-state index in [0.717, 1.165) is 11.8 Å². The molecule has 82 valence electrons. The van der Waals surface area contributed by atoms with Gasteiger partial charge in [0.1, 0.15) is 6.54 Å². The van der Waals surface area contributed by atoms with Gasteiger partial charge < -0.3 is 16.6 Å². The van der Waals surface area contributed by atoms with Crippen molar-refractivity contribution < 1.29 is 14.7 Å². The minimum absolute atomic E-state index is 0.0293. The summed E-state index contributed by atoms with van der Waals surface area (Å²) in [5, 5.41) is 15.8. The average molecular weight is 231 g/mol. The molecule has 0 radical (unpaired) electrons. The van der Waals surface area contributed by atoms with Gasteiger partial charge in [-0.15, -0.1) is 10.2 Å². The monoisotopic (exact) mass is 231 g/mol. The predicted octanol–water partition coefficient (Wildman–Crippen LogP) is -1.48. The van der Waals surface area contributed by atoms with Crippen LogP contribution in [0.2, 0.25) is 0 Å². The lowest BCUT2D eigenvalue weighted by molar-refractivity contribution is -0.133. The first kappa shape index (κ1) is 11.3. The van der Waals surface area contributed by atoms with Crippen molar-refractivity contribution in [2.45, 2.75) is 11.7 Å². The summed E-state index contributed by atoms with van der Waals surface area (Å²) in [6.07, 6.45) is 0. The number of aromatic nitrogens is 3. The molecule has 0 bridgehead atoms. The zero-order valence-corrected chi connectivity index (χ0v) is 8.40. The summed E-state index contributed by atoms with van der Waals surface area (Å²) >= 11 is 0.920. The van der Waals surface area contributed by atoms with E-state index in [1.807, 2.05) is 0 Å². The molecular formula is C6H9N5O3S. The lowest BCUT2D eigenvalue weighted by Gasteiger charge is -2.03. The van der Waals surface area contributed by atoms with Crippen molar-refractivity contribution in [3.8, 4) is 0 Å². The third-order valence-electron chi connectivity index (χ3n) is 1.38. The molecule has 0 atom stereocenters. The Balaban J connectivity index is 2.78. The van der Waals surface area contributed by atoms with Crippen molar-refractivity contribution in [2.75, 3.05) is 11.5 Å². The Morgan fingerprint density at radius 2 is 2.13 bits per heavy atom. The summed E-state index contributed by atoms with van der Waals surface area (Å²) in [6, 6.07) is 0. The van der Waals surface area contributed by atoms with Crippen molar-refractivity contribution >= 4 is 29.6 Å². The van der Waals surface area contributed by atoms with E-state index in [0.29, 0.717) is 0 Å². The number of nitrogens with zero attached hydrogens (tertiary/aromatic N) is 3. The number of carboxylic acids is 1. The summed E-state index contributed by atoms with van der Waals surface area (Å²) in [6.45, 7) is -0.166. The highest BCUT2D eigenvalue weighted by Crippen LogP contribution is 2.17. The Morgan fingerprint density at radius 3 is 2.67 bits per heavy atom. The Hall–Kier alpha value is -1.77. The molecule has 1 amide bonds. The fourth-order valence-electron chi connectivity index (χ4n) is 0.838. The van der Waals surface area contributed by atoms with E-state index in [2.05, 4.69) is 10.2 Å². The third-order valence-corrected chi connectivity index (χ3v) is 2.34. The van der Waals surface area contributed by atoms with E-state index in [4.69, 9.17) is 16.6 Å². The van der Waals surface area contributed by atoms with Gasteiger partial charge in [0.25, 0.3) is 0 Å². The highest BCUT2D eigenvalue weighted by Gasteiger charge is 2.13. The Bertz CT molecular complexity index is 390. The summed E-state index contributed by atoms with van der Waals surface area (Å²) < 4.78 is 1.26. The standard InChI is InChI=1S/C6H9N5O3S/c7-3(12)1-11-5(8)9-10-6(11)15-2-4(13)14/h1-2H2,(H2,7,12)(H2,8,9)(H,13,14). The van der Waals surface area contributed by atoms with E-state index in [9.17, 15) is 9.59 Å². The average Bonchev–Trinajstić information content (AvgIpc) is 2.44. The van der Waals surface area contributed by atoms with E-state index in [1.54, 1.807) is 0 Å². The van der Waals surface area contributed by atoms with Gasteiger partial charge in [-0.1, -0.05) is 11.8 Å². The highest BCUT2D eigenvalue weighted by atomic mass is 32.2. The maximum Gasteiger partial charge on any atom is 0.313 e. The van der Waals surface area contributed by atoms with Crippen LogP contribution in [0.1, 0.15) is 0 Å². The zero-order chi connectivity index (χ0) is 11.4. The van der Waals surface area contributed by atoms with Crippen LogP contribution in [0, 0.1) is 0 Å². The number of carboxylic acid groups (broad SMARTS) is 1. The van der Waals surface area contributed by atoms with Crippen molar-refractivity contribution in [2.24, 2.45) is 5.73 Å². The third kappa shape index (κ3) is 3.13. The first-order valence-electron chi connectivity index (χ1n) is 3.82.